The number of aromatic amines is 1. The van der Waals surface area contributed by atoms with E-state index in [0.29, 0.717) is 6.42 Å². The Bertz CT molecular complexity index is 553. The molecule has 2 aromatic rings. The van der Waals surface area contributed by atoms with E-state index < -0.39 is 0 Å². The van der Waals surface area contributed by atoms with Gasteiger partial charge >= 0.3 is 0 Å². The van der Waals surface area contributed by atoms with Crippen molar-refractivity contribution in [1.29, 1.82) is 5.26 Å². The summed E-state index contributed by atoms with van der Waals surface area (Å²) in [6.45, 7) is 6.41. The van der Waals surface area contributed by atoms with Crippen molar-refractivity contribution in [2.75, 3.05) is 0 Å². The lowest BCUT2D eigenvalue weighted by Crippen LogP contribution is -2.14. The summed E-state index contributed by atoms with van der Waals surface area (Å²) in [5, 5.41) is 9.97. The first-order valence-corrected chi connectivity index (χ1v) is 5.37. The zero-order chi connectivity index (χ0) is 11.8. The van der Waals surface area contributed by atoms with Crippen molar-refractivity contribution in [1.82, 2.24) is 9.97 Å². The summed E-state index contributed by atoms with van der Waals surface area (Å²) in [5.74, 6) is 0. The predicted molar refractivity (Wildman–Crippen MR) is 64.1 cm³/mol. The van der Waals surface area contributed by atoms with Crippen LogP contribution in [-0.4, -0.2) is 9.97 Å². The molecule has 2 heterocycles. The zero-order valence-corrected chi connectivity index (χ0v) is 9.83. The van der Waals surface area contributed by atoms with Gasteiger partial charge in [-0.05, 0) is 17.7 Å². The highest BCUT2D eigenvalue weighted by atomic mass is 14.9. The van der Waals surface area contributed by atoms with E-state index in [9.17, 15) is 0 Å². The summed E-state index contributed by atoms with van der Waals surface area (Å²) in [6.07, 6.45) is 2.19. The van der Waals surface area contributed by atoms with Crippen molar-refractivity contribution in [3.05, 3.63) is 29.6 Å². The van der Waals surface area contributed by atoms with E-state index in [1.54, 1.807) is 6.20 Å². The fourth-order valence-electron chi connectivity index (χ4n) is 1.98. The molecular weight excluding hydrogens is 198 g/mol. The van der Waals surface area contributed by atoms with Gasteiger partial charge in [0.05, 0.1) is 12.5 Å². The van der Waals surface area contributed by atoms with E-state index in [0.717, 1.165) is 22.3 Å². The molecule has 0 spiro atoms. The summed E-state index contributed by atoms with van der Waals surface area (Å²) in [6, 6.07) is 6.15. The molecule has 0 aliphatic heterocycles. The highest BCUT2D eigenvalue weighted by Gasteiger charge is 2.22. The number of nitriles is 1. The maximum absolute atomic E-state index is 8.90. The van der Waals surface area contributed by atoms with Gasteiger partial charge in [0.15, 0.2) is 0 Å². The van der Waals surface area contributed by atoms with Gasteiger partial charge in [0, 0.05) is 22.7 Å². The number of fused-ring (bicyclic) bond motifs is 1. The van der Waals surface area contributed by atoms with Crippen LogP contribution in [0, 0.1) is 11.3 Å². The molecule has 0 aromatic carbocycles. The molecule has 82 valence electrons. The number of nitrogens with one attached hydrogen (secondary N) is 1. The second kappa shape index (κ2) is 3.64. The van der Waals surface area contributed by atoms with Crippen molar-refractivity contribution in [2.24, 2.45) is 0 Å². The molecule has 0 saturated heterocycles. The van der Waals surface area contributed by atoms with E-state index in [-0.39, 0.29) is 5.41 Å². The molecule has 16 heavy (non-hydrogen) atoms. The molecule has 0 unspecified atom stereocenters. The summed E-state index contributed by atoms with van der Waals surface area (Å²) in [4.78, 5) is 7.62. The second-order valence-electron chi connectivity index (χ2n) is 4.96. The molecule has 0 saturated carbocycles. The first kappa shape index (κ1) is 10.7. The van der Waals surface area contributed by atoms with Crippen LogP contribution in [0.3, 0.4) is 0 Å². The number of nitrogens with zero attached hydrogens (tertiary/aromatic N) is 2. The fraction of sp³-hybridized carbons (Fsp3) is 0.385. The average Bonchev–Trinajstić information content (AvgIpc) is 2.58. The maximum atomic E-state index is 8.90. The van der Waals surface area contributed by atoms with Gasteiger partial charge in [0.2, 0.25) is 0 Å². The summed E-state index contributed by atoms with van der Waals surface area (Å²) in [5.41, 5.74) is 3.07. The van der Waals surface area contributed by atoms with Gasteiger partial charge in [0.25, 0.3) is 0 Å². The van der Waals surface area contributed by atoms with Crippen LogP contribution in [-0.2, 0) is 11.8 Å². The average molecular weight is 213 g/mol. The van der Waals surface area contributed by atoms with Crippen molar-refractivity contribution < 1.29 is 0 Å². The van der Waals surface area contributed by atoms with Crippen molar-refractivity contribution in [3.63, 3.8) is 0 Å². The Morgan fingerprint density at radius 1 is 1.44 bits per heavy atom. The quantitative estimate of drug-likeness (QED) is 0.791. The number of hydrogen-bond acceptors (Lipinski definition) is 2. The van der Waals surface area contributed by atoms with Crippen molar-refractivity contribution in [2.45, 2.75) is 32.6 Å². The molecule has 0 aliphatic rings. The van der Waals surface area contributed by atoms with Gasteiger partial charge in [-0.3, -0.25) is 0 Å². The largest absolute Gasteiger partial charge is 0.342 e. The van der Waals surface area contributed by atoms with Gasteiger partial charge in [-0.2, -0.15) is 5.26 Å². The van der Waals surface area contributed by atoms with Gasteiger partial charge in [-0.15, -0.1) is 0 Å². The number of pyridine rings is 1. The monoisotopic (exact) mass is 213 g/mol. The fourth-order valence-corrected chi connectivity index (χ4v) is 1.98. The molecule has 1 N–H and O–H groups in total. The van der Waals surface area contributed by atoms with Gasteiger partial charge < -0.3 is 4.98 Å². The highest BCUT2D eigenvalue weighted by molar-refractivity contribution is 5.82. The Morgan fingerprint density at radius 3 is 2.81 bits per heavy atom. The second-order valence-corrected chi connectivity index (χ2v) is 4.96. The molecule has 3 heteroatoms. The van der Waals surface area contributed by atoms with E-state index in [1.807, 2.05) is 12.1 Å². The molecule has 0 bridgehead atoms. The van der Waals surface area contributed by atoms with Crippen molar-refractivity contribution in [3.8, 4) is 6.07 Å². The van der Waals surface area contributed by atoms with Crippen LogP contribution < -0.4 is 0 Å². The minimum absolute atomic E-state index is 0.00683. The summed E-state index contributed by atoms with van der Waals surface area (Å²) < 4.78 is 0. The Morgan fingerprint density at radius 2 is 2.19 bits per heavy atom. The molecule has 0 aliphatic carbocycles. The third-order valence-corrected chi connectivity index (χ3v) is 2.68. The molecule has 0 atom stereocenters. The topological polar surface area (TPSA) is 52.5 Å². The van der Waals surface area contributed by atoms with Gasteiger partial charge in [-0.25, -0.2) is 4.98 Å². The van der Waals surface area contributed by atoms with Crippen LogP contribution in [0.25, 0.3) is 11.0 Å². The normalized spacial score (nSPS) is 11.6. The Hall–Kier alpha value is -1.82. The minimum atomic E-state index is 0.00683. The standard InChI is InChI=1S/C13H15N3/c1-13(2,3)11-9(6-7-14)10-5-4-8-15-12(10)16-11/h4-5,8H,6H2,1-3H3,(H,15,16). The number of rotatable bonds is 1. The molecule has 3 nitrogen and oxygen atoms in total. The molecule has 0 amide bonds. The number of hydrogen-bond donors (Lipinski definition) is 1. The van der Waals surface area contributed by atoms with E-state index >= 15 is 0 Å². The van der Waals surface area contributed by atoms with Crippen LogP contribution in [0.15, 0.2) is 18.3 Å². The number of H-pyrrole nitrogens is 1. The van der Waals surface area contributed by atoms with E-state index in [1.165, 1.54) is 0 Å². The van der Waals surface area contributed by atoms with Gasteiger partial charge in [0.1, 0.15) is 5.65 Å². The van der Waals surface area contributed by atoms with Crippen LogP contribution >= 0.6 is 0 Å². The Kier molecular flexibility index (Phi) is 2.43. The highest BCUT2D eigenvalue weighted by Crippen LogP contribution is 2.30. The number of aromatic nitrogens is 2. The molecule has 0 radical (unpaired) electrons. The van der Waals surface area contributed by atoms with Crippen LogP contribution in [0.5, 0.6) is 0 Å². The lowest BCUT2D eigenvalue weighted by Gasteiger charge is -2.18. The third kappa shape index (κ3) is 1.67. The molecule has 0 fully saturated rings. The lowest BCUT2D eigenvalue weighted by molar-refractivity contribution is 0.569. The van der Waals surface area contributed by atoms with Crippen LogP contribution in [0.1, 0.15) is 32.0 Å². The molecule has 2 aromatic heterocycles. The van der Waals surface area contributed by atoms with E-state index in [4.69, 9.17) is 5.26 Å². The molecular formula is C13H15N3. The summed E-state index contributed by atoms with van der Waals surface area (Å²) in [7, 11) is 0. The smallest absolute Gasteiger partial charge is 0.137 e. The minimum Gasteiger partial charge on any atom is -0.342 e. The maximum Gasteiger partial charge on any atom is 0.137 e. The summed E-state index contributed by atoms with van der Waals surface area (Å²) >= 11 is 0. The third-order valence-electron chi connectivity index (χ3n) is 2.68. The van der Waals surface area contributed by atoms with Crippen LogP contribution in [0.4, 0.5) is 0 Å². The predicted octanol–water partition coefficient (Wildman–Crippen LogP) is 2.93. The molecule has 2 rings (SSSR count). The lowest BCUT2D eigenvalue weighted by atomic mass is 9.88. The Balaban J connectivity index is 2.74. The van der Waals surface area contributed by atoms with E-state index in [2.05, 4.69) is 36.8 Å². The van der Waals surface area contributed by atoms with Crippen LogP contribution in [0.2, 0.25) is 0 Å². The zero-order valence-electron chi connectivity index (χ0n) is 9.83. The first-order chi connectivity index (χ1) is 7.54. The first-order valence-electron chi connectivity index (χ1n) is 5.37. The SMILES string of the molecule is CC(C)(C)c1[nH]c2ncccc2c1CC#N. The van der Waals surface area contributed by atoms with Crippen molar-refractivity contribution >= 4 is 11.0 Å². The van der Waals surface area contributed by atoms with Gasteiger partial charge in [-0.1, -0.05) is 20.8 Å². The Labute approximate surface area is 95.1 Å².